The molecule has 0 amide bonds. The molecule has 1 aromatic heterocycles. The first-order valence-corrected chi connectivity index (χ1v) is 9.19. The van der Waals surface area contributed by atoms with Crippen LogP contribution in [0.1, 0.15) is 11.5 Å². The first-order valence-electron chi connectivity index (χ1n) is 7.27. The number of rotatable bonds is 4. The topological polar surface area (TPSA) is 68.3 Å². The van der Waals surface area contributed by atoms with E-state index < -0.39 is 9.73 Å². The van der Waals surface area contributed by atoms with E-state index in [1.165, 1.54) is 24.3 Å². The molecule has 0 aliphatic rings. The standard InChI is InChI=1S/C17H16FN3O2S/c1-12-20-17(21-23-12)14-5-3-4-13(10-14)11-19-24(2,22)16-8-6-15(18)7-9-16/h3-10H,11H2,1-2H3. The third kappa shape index (κ3) is 3.68. The Kier molecular flexibility index (Phi) is 4.44. The van der Waals surface area contributed by atoms with Gasteiger partial charge in [0, 0.05) is 23.6 Å². The Morgan fingerprint density at radius 3 is 2.62 bits per heavy atom. The number of aryl methyl sites for hydroxylation is 1. The van der Waals surface area contributed by atoms with Crippen LogP contribution in [0.3, 0.4) is 0 Å². The fourth-order valence-corrected chi connectivity index (χ4v) is 3.37. The number of hydrogen-bond donors (Lipinski definition) is 0. The maximum atomic E-state index is 13.0. The Labute approximate surface area is 139 Å². The van der Waals surface area contributed by atoms with E-state index in [4.69, 9.17) is 4.52 Å². The van der Waals surface area contributed by atoms with Crippen LogP contribution in [0.15, 0.2) is 62.3 Å². The minimum absolute atomic E-state index is 0.275. The maximum absolute atomic E-state index is 13.0. The number of benzene rings is 2. The second-order valence-electron chi connectivity index (χ2n) is 5.38. The van der Waals surface area contributed by atoms with E-state index in [1.807, 2.05) is 24.3 Å². The summed E-state index contributed by atoms with van der Waals surface area (Å²) in [4.78, 5) is 4.69. The third-order valence-electron chi connectivity index (χ3n) is 3.46. The molecule has 1 heterocycles. The fourth-order valence-electron chi connectivity index (χ4n) is 2.18. The van der Waals surface area contributed by atoms with Crippen LogP contribution < -0.4 is 0 Å². The van der Waals surface area contributed by atoms with Crippen LogP contribution in [0.25, 0.3) is 11.4 Å². The molecule has 124 valence electrons. The lowest BCUT2D eigenvalue weighted by Gasteiger charge is -2.05. The van der Waals surface area contributed by atoms with Gasteiger partial charge >= 0.3 is 0 Å². The number of aromatic nitrogens is 2. The van der Waals surface area contributed by atoms with Gasteiger partial charge in [0.05, 0.1) is 16.3 Å². The Hall–Kier alpha value is -2.54. The molecule has 0 spiro atoms. The van der Waals surface area contributed by atoms with Gasteiger partial charge in [-0.2, -0.15) is 4.98 Å². The van der Waals surface area contributed by atoms with E-state index in [9.17, 15) is 8.60 Å². The SMILES string of the molecule is Cc1nc(-c2cccc(CN=S(C)(=O)c3ccc(F)cc3)c2)no1. The molecular formula is C17H16FN3O2S. The van der Waals surface area contributed by atoms with Crippen molar-refractivity contribution in [2.24, 2.45) is 4.36 Å². The Morgan fingerprint density at radius 2 is 1.96 bits per heavy atom. The molecule has 3 aromatic rings. The van der Waals surface area contributed by atoms with Crippen LogP contribution in [0.5, 0.6) is 0 Å². The second kappa shape index (κ2) is 6.52. The summed E-state index contributed by atoms with van der Waals surface area (Å²) in [5.41, 5.74) is 1.69. The molecule has 3 rings (SSSR count). The van der Waals surface area contributed by atoms with Crippen molar-refractivity contribution < 1.29 is 13.1 Å². The maximum Gasteiger partial charge on any atom is 0.223 e. The average Bonchev–Trinajstić information content (AvgIpc) is 3.00. The van der Waals surface area contributed by atoms with E-state index in [0.717, 1.165) is 11.1 Å². The van der Waals surface area contributed by atoms with Crippen molar-refractivity contribution in [1.29, 1.82) is 0 Å². The number of hydrogen-bond acceptors (Lipinski definition) is 5. The van der Waals surface area contributed by atoms with Gasteiger partial charge < -0.3 is 4.52 Å². The predicted octanol–water partition coefficient (Wildman–Crippen LogP) is 3.84. The van der Waals surface area contributed by atoms with Gasteiger partial charge in [0.2, 0.25) is 11.7 Å². The number of halogens is 1. The molecule has 0 saturated heterocycles. The van der Waals surface area contributed by atoms with Crippen LogP contribution in [0, 0.1) is 12.7 Å². The molecule has 1 atom stereocenters. The zero-order chi connectivity index (χ0) is 17.2. The minimum atomic E-state index is -2.59. The lowest BCUT2D eigenvalue weighted by atomic mass is 10.1. The average molecular weight is 345 g/mol. The molecule has 7 heteroatoms. The van der Waals surface area contributed by atoms with Gasteiger partial charge in [0.1, 0.15) is 5.82 Å². The molecule has 0 aliphatic carbocycles. The largest absolute Gasteiger partial charge is 0.339 e. The van der Waals surface area contributed by atoms with Crippen LogP contribution in [0.4, 0.5) is 4.39 Å². The smallest absolute Gasteiger partial charge is 0.223 e. The van der Waals surface area contributed by atoms with Crippen molar-refractivity contribution >= 4 is 9.73 Å². The van der Waals surface area contributed by atoms with E-state index >= 15 is 0 Å². The Bertz CT molecular complexity index is 974. The summed E-state index contributed by atoms with van der Waals surface area (Å²) >= 11 is 0. The number of nitrogens with zero attached hydrogens (tertiary/aromatic N) is 3. The van der Waals surface area contributed by atoms with Gasteiger partial charge in [-0.3, -0.25) is 0 Å². The van der Waals surface area contributed by atoms with Gasteiger partial charge in [-0.05, 0) is 35.9 Å². The molecular weight excluding hydrogens is 329 g/mol. The first kappa shape index (κ1) is 16.3. The summed E-state index contributed by atoms with van der Waals surface area (Å²) in [6, 6.07) is 13.1. The molecule has 0 radical (unpaired) electrons. The van der Waals surface area contributed by atoms with Crippen molar-refractivity contribution in [3.8, 4) is 11.4 Å². The molecule has 0 N–H and O–H groups in total. The van der Waals surface area contributed by atoms with E-state index in [0.29, 0.717) is 16.6 Å². The van der Waals surface area contributed by atoms with Gasteiger partial charge in [0.15, 0.2) is 0 Å². The Morgan fingerprint density at radius 1 is 1.21 bits per heavy atom. The molecule has 24 heavy (non-hydrogen) atoms. The highest BCUT2D eigenvalue weighted by molar-refractivity contribution is 7.93. The predicted molar refractivity (Wildman–Crippen MR) is 89.3 cm³/mol. The van der Waals surface area contributed by atoms with Gasteiger partial charge in [-0.25, -0.2) is 13.0 Å². The minimum Gasteiger partial charge on any atom is -0.339 e. The highest BCUT2D eigenvalue weighted by Gasteiger charge is 2.08. The Balaban J connectivity index is 1.86. The van der Waals surface area contributed by atoms with Gasteiger partial charge in [-0.15, -0.1) is 0 Å². The first-order chi connectivity index (χ1) is 11.4. The molecule has 0 saturated carbocycles. The van der Waals surface area contributed by atoms with Crippen molar-refractivity contribution in [3.05, 3.63) is 65.8 Å². The summed E-state index contributed by atoms with van der Waals surface area (Å²) in [5, 5.41) is 3.88. The summed E-state index contributed by atoms with van der Waals surface area (Å²) < 4.78 is 35.0. The monoisotopic (exact) mass is 345 g/mol. The van der Waals surface area contributed by atoms with Crippen LogP contribution in [-0.2, 0) is 16.3 Å². The van der Waals surface area contributed by atoms with Crippen molar-refractivity contribution in [2.75, 3.05) is 6.26 Å². The van der Waals surface area contributed by atoms with E-state index in [-0.39, 0.29) is 12.4 Å². The molecule has 2 aromatic carbocycles. The molecule has 0 bridgehead atoms. The van der Waals surface area contributed by atoms with E-state index in [1.54, 1.807) is 13.2 Å². The van der Waals surface area contributed by atoms with Crippen LogP contribution in [-0.4, -0.2) is 20.6 Å². The molecule has 0 aliphatic heterocycles. The van der Waals surface area contributed by atoms with Crippen LogP contribution in [0.2, 0.25) is 0 Å². The molecule has 1 unspecified atom stereocenters. The normalized spacial score (nSPS) is 13.5. The summed E-state index contributed by atoms with van der Waals surface area (Å²) in [6.07, 6.45) is 1.55. The zero-order valence-electron chi connectivity index (χ0n) is 13.3. The summed E-state index contributed by atoms with van der Waals surface area (Å²) in [5.74, 6) is 0.634. The van der Waals surface area contributed by atoms with Crippen molar-refractivity contribution in [1.82, 2.24) is 10.1 Å². The van der Waals surface area contributed by atoms with Crippen molar-refractivity contribution in [3.63, 3.8) is 0 Å². The van der Waals surface area contributed by atoms with Gasteiger partial charge in [-0.1, -0.05) is 23.4 Å². The molecule has 0 fully saturated rings. The third-order valence-corrected chi connectivity index (χ3v) is 5.23. The molecule has 5 nitrogen and oxygen atoms in total. The van der Waals surface area contributed by atoms with Crippen LogP contribution >= 0.6 is 0 Å². The fraction of sp³-hybridized carbons (Fsp3) is 0.176. The van der Waals surface area contributed by atoms with E-state index in [2.05, 4.69) is 14.5 Å². The lowest BCUT2D eigenvalue weighted by molar-refractivity contribution is 0.394. The quantitative estimate of drug-likeness (QED) is 0.720. The highest BCUT2D eigenvalue weighted by atomic mass is 32.2. The van der Waals surface area contributed by atoms with Crippen molar-refractivity contribution in [2.45, 2.75) is 18.4 Å². The highest BCUT2D eigenvalue weighted by Crippen LogP contribution is 2.19. The lowest BCUT2D eigenvalue weighted by Crippen LogP contribution is -1.99. The van der Waals surface area contributed by atoms with Gasteiger partial charge in [0.25, 0.3) is 0 Å². The second-order valence-corrected chi connectivity index (χ2v) is 7.72. The summed E-state index contributed by atoms with van der Waals surface area (Å²) in [7, 11) is -2.59. The zero-order valence-corrected chi connectivity index (χ0v) is 14.1. The summed E-state index contributed by atoms with van der Waals surface area (Å²) in [6.45, 7) is 2.00.